The smallest absolute Gasteiger partial charge is 0.306 e. The second-order valence-corrected chi connectivity index (χ2v) is 8.68. The summed E-state index contributed by atoms with van der Waals surface area (Å²) in [6.45, 7) is 0. The molecule has 2 rings (SSSR count). The van der Waals surface area contributed by atoms with E-state index < -0.39 is 33.9 Å². The summed E-state index contributed by atoms with van der Waals surface area (Å²) >= 11 is 1.52. The summed E-state index contributed by atoms with van der Waals surface area (Å²) in [4.78, 5) is 23.4. The predicted octanol–water partition coefficient (Wildman–Crippen LogP) is 1.07. The summed E-state index contributed by atoms with van der Waals surface area (Å²) in [5, 5.41) is 11.6. The summed E-state index contributed by atoms with van der Waals surface area (Å²) < 4.78 is 27.4. The van der Waals surface area contributed by atoms with Crippen LogP contribution in [0.3, 0.4) is 0 Å². The average Bonchev–Trinajstić information content (AvgIpc) is 2.54. The highest BCUT2D eigenvalue weighted by molar-refractivity contribution is 7.98. The molecule has 0 bridgehead atoms. The van der Waals surface area contributed by atoms with Crippen LogP contribution in [0, 0.1) is 5.92 Å². The first-order valence-corrected chi connectivity index (χ1v) is 10.8. The summed E-state index contributed by atoms with van der Waals surface area (Å²) in [7, 11) is -3.80. The molecule has 0 radical (unpaired) electrons. The zero-order chi connectivity index (χ0) is 18.4. The quantitative estimate of drug-likeness (QED) is 0.585. The number of carboxylic acid groups (broad SMARTS) is 1. The van der Waals surface area contributed by atoms with Crippen LogP contribution in [-0.2, 0) is 19.6 Å². The van der Waals surface area contributed by atoms with Gasteiger partial charge in [-0.3, -0.25) is 9.59 Å². The minimum atomic E-state index is -3.80. The van der Waals surface area contributed by atoms with Gasteiger partial charge in [-0.2, -0.15) is 16.5 Å². The van der Waals surface area contributed by atoms with Gasteiger partial charge in [0, 0.05) is 6.04 Å². The van der Waals surface area contributed by atoms with Crippen molar-refractivity contribution < 1.29 is 23.1 Å². The van der Waals surface area contributed by atoms with Crippen LogP contribution < -0.4 is 10.0 Å². The Hall–Kier alpha value is -1.58. The van der Waals surface area contributed by atoms with Crippen molar-refractivity contribution in [2.24, 2.45) is 5.92 Å². The van der Waals surface area contributed by atoms with Crippen molar-refractivity contribution in [3.8, 4) is 0 Å². The van der Waals surface area contributed by atoms with Crippen LogP contribution in [0.1, 0.15) is 19.3 Å². The molecule has 0 heterocycles. The molecule has 1 aromatic rings. The third kappa shape index (κ3) is 5.45. The number of aliphatic carboxylic acids is 1. The minimum Gasteiger partial charge on any atom is -0.481 e. The Labute approximate surface area is 151 Å². The van der Waals surface area contributed by atoms with Crippen LogP contribution in [0.2, 0.25) is 0 Å². The normalized spacial score (nSPS) is 21.2. The monoisotopic (exact) mass is 386 g/mol. The lowest BCUT2D eigenvalue weighted by molar-refractivity contribution is -0.146. The molecule has 3 N–H and O–H groups in total. The van der Waals surface area contributed by atoms with E-state index in [0.717, 1.165) is 0 Å². The van der Waals surface area contributed by atoms with E-state index in [1.54, 1.807) is 18.2 Å². The molecule has 1 atom stereocenters. The minimum absolute atomic E-state index is 0.103. The second kappa shape index (κ2) is 8.68. The van der Waals surface area contributed by atoms with Crippen LogP contribution in [0.4, 0.5) is 0 Å². The van der Waals surface area contributed by atoms with Gasteiger partial charge in [-0.25, -0.2) is 8.42 Å². The molecule has 1 aliphatic rings. The number of rotatable bonds is 9. The Morgan fingerprint density at radius 2 is 1.92 bits per heavy atom. The molecule has 0 aromatic heterocycles. The molecule has 1 fully saturated rings. The number of hydrogen-bond donors (Lipinski definition) is 3. The number of nitrogens with one attached hydrogen (secondary N) is 2. The van der Waals surface area contributed by atoms with Crippen molar-refractivity contribution in [1.29, 1.82) is 0 Å². The Bertz CT molecular complexity index is 702. The second-order valence-electron chi connectivity index (χ2n) is 5.98. The van der Waals surface area contributed by atoms with E-state index in [9.17, 15) is 18.0 Å². The fraction of sp³-hybridized carbons (Fsp3) is 0.500. The lowest BCUT2D eigenvalue weighted by atomic mass is 9.80. The third-order valence-corrected chi connectivity index (χ3v) is 6.24. The summed E-state index contributed by atoms with van der Waals surface area (Å²) in [6, 6.07) is 6.78. The summed E-state index contributed by atoms with van der Waals surface area (Å²) in [5.74, 6) is -1.09. The Morgan fingerprint density at radius 3 is 2.48 bits per heavy atom. The van der Waals surface area contributed by atoms with Gasteiger partial charge in [0.15, 0.2) is 0 Å². The molecule has 1 unspecified atom stereocenters. The summed E-state index contributed by atoms with van der Waals surface area (Å²) in [5.41, 5.74) is 0. The molecule has 1 saturated carbocycles. The molecule has 1 aromatic carbocycles. The van der Waals surface area contributed by atoms with Gasteiger partial charge in [0.25, 0.3) is 0 Å². The lowest BCUT2D eigenvalue weighted by Crippen LogP contribution is -2.53. The summed E-state index contributed by atoms with van der Waals surface area (Å²) in [6.07, 6.45) is 2.99. The molecule has 0 spiro atoms. The highest BCUT2D eigenvalue weighted by atomic mass is 32.2. The van der Waals surface area contributed by atoms with Crippen molar-refractivity contribution in [2.75, 3.05) is 12.0 Å². The first-order valence-electron chi connectivity index (χ1n) is 7.93. The average molecular weight is 386 g/mol. The van der Waals surface area contributed by atoms with Crippen LogP contribution in [0.5, 0.6) is 0 Å². The first kappa shape index (κ1) is 19.7. The Kier molecular flexibility index (Phi) is 6.86. The van der Waals surface area contributed by atoms with Crippen LogP contribution >= 0.6 is 11.8 Å². The molecule has 0 aliphatic heterocycles. The van der Waals surface area contributed by atoms with E-state index in [1.165, 1.54) is 23.9 Å². The highest BCUT2D eigenvalue weighted by Crippen LogP contribution is 2.27. The van der Waals surface area contributed by atoms with E-state index in [1.807, 2.05) is 6.26 Å². The number of sulfonamides is 1. The number of carboxylic acids is 1. The van der Waals surface area contributed by atoms with E-state index in [4.69, 9.17) is 5.11 Å². The molecule has 25 heavy (non-hydrogen) atoms. The van der Waals surface area contributed by atoms with Gasteiger partial charge >= 0.3 is 5.97 Å². The van der Waals surface area contributed by atoms with Crippen LogP contribution in [-0.4, -0.2) is 49.5 Å². The van der Waals surface area contributed by atoms with Crippen molar-refractivity contribution in [1.82, 2.24) is 10.0 Å². The van der Waals surface area contributed by atoms with Gasteiger partial charge in [-0.15, -0.1) is 0 Å². The molecule has 9 heteroatoms. The number of carbonyl (C=O) groups is 2. The molecule has 1 aliphatic carbocycles. The van der Waals surface area contributed by atoms with E-state index in [-0.39, 0.29) is 10.9 Å². The van der Waals surface area contributed by atoms with Crippen molar-refractivity contribution in [3.63, 3.8) is 0 Å². The van der Waals surface area contributed by atoms with Crippen LogP contribution in [0.25, 0.3) is 0 Å². The largest absolute Gasteiger partial charge is 0.481 e. The Morgan fingerprint density at radius 1 is 1.28 bits per heavy atom. The highest BCUT2D eigenvalue weighted by Gasteiger charge is 2.36. The maximum absolute atomic E-state index is 12.4. The third-order valence-electron chi connectivity index (χ3n) is 4.11. The molecular formula is C16H22N2O5S2. The van der Waals surface area contributed by atoms with Gasteiger partial charge in [0.05, 0.1) is 10.8 Å². The van der Waals surface area contributed by atoms with Crippen molar-refractivity contribution >= 4 is 33.7 Å². The van der Waals surface area contributed by atoms with Gasteiger partial charge < -0.3 is 10.4 Å². The maximum atomic E-state index is 12.4. The number of benzene rings is 1. The van der Waals surface area contributed by atoms with Gasteiger partial charge in [-0.05, 0) is 43.4 Å². The Balaban J connectivity index is 2.00. The molecule has 7 nitrogen and oxygen atoms in total. The molecule has 1 amide bonds. The number of thioether (sulfide) groups is 1. The van der Waals surface area contributed by atoms with Gasteiger partial charge in [0.2, 0.25) is 15.9 Å². The maximum Gasteiger partial charge on any atom is 0.306 e. The first-order chi connectivity index (χ1) is 11.8. The topological polar surface area (TPSA) is 113 Å². The standard InChI is InChI=1S/C16H22N2O5S2/c1-24-8-7-14(15(19)17-12-9-11(10-12)16(20)21)18-25(22,23)13-5-3-2-4-6-13/h2-6,11-12,14,18H,7-10H2,1H3,(H,17,19)(H,20,21). The van der Waals surface area contributed by atoms with Crippen LogP contribution in [0.15, 0.2) is 35.2 Å². The predicted molar refractivity (Wildman–Crippen MR) is 95.8 cm³/mol. The zero-order valence-corrected chi connectivity index (χ0v) is 15.5. The van der Waals surface area contributed by atoms with Gasteiger partial charge in [-0.1, -0.05) is 18.2 Å². The van der Waals surface area contributed by atoms with Gasteiger partial charge in [0.1, 0.15) is 6.04 Å². The van der Waals surface area contributed by atoms with E-state index in [2.05, 4.69) is 10.0 Å². The zero-order valence-electron chi connectivity index (χ0n) is 13.8. The lowest BCUT2D eigenvalue weighted by Gasteiger charge is -2.34. The fourth-order valence-corrected chi connectivity index (χ4v) is 4.30. The SMILES string of the molecule is CSCCC(NS(=O)(=O)c1ccccc1)C(=O)NC1CC(C(=O)O)C1. The van der Waals surface area contributed by atoms with Crippen molar-refractivity contribution in [2.45, 2.75) is 36.2 Å². The molecule has 138 valence electrons. The number of amides is 1. The molecule has 0 saturated heterocycles. The van der Waals surface area contributed by atoms with Crippen molar-refractivity contribution in [3.05, 3.63) is 30.3 Å². The molecular weight excluding hydrogens is 364 g/mol. The van der Waals surface area contributed by atoms with E-state index in [0.29, 0.717) is 25.0 Å². The fourth-order valence-electron chi connectivity index (χ4n) is 2.57. The van der Waals surface area contributed by atoms with E-state index >= 15 is 0 Å². The number of hydrogen-bond acceptors (Lipinski definition) is 5. The number of carbonyl (C=O) groups excluding carboxylic acids is 1.